The molecular formula is C14H25N2O7P. The van der Waals surface area contributed by atoms with E-state index in [1.807, 2.05) is 0 Å². The number of phosphoric ester groups is 1. The van der Waals surface area contributed by atoms with Gasteiger partial charge in [0.05, 0.1) is 25.9 Å². The summed E-state index contributed by atoms with van der Waals surface area (Å²) in [7, 11) is -3.94. The van der Waals surface area contributed by atoms with Crippen molar-refractivity contribution in [1.82, 2.24) is 10.6 Å². The van der Waals surface area contributed by atoms with Gasteiger partial charge in [-0.15, -0.1) is 6.58 Å². The molecule has 138 valence electrons. The molecule has 24 heavy (non-hydrogen) atoms. The van der Waals surface area contributed by atoms with Gasteiger partial charge in [0.25, 0.3) is 0 Å². The zero-order chi connectivity index (χ0) is 18.4. The lowest BCUT2D eigenvalue weighted by atomic mass is 10.2. The number of phosphoric acid groups is 1. The number of amides is 2. The first-order valence-corrected chi connectivity index (χ1v) is 8.84. The molecule has 0 fully saturated rings. The van der Waals surface area contributed by atoms with Crippen LogP contribution in [0.4, 0.5) is 0 Å². The summed E-state index contributed by atoms with van der Waals surface area (Å²) in [5, 5.41) is 13.9. The third-order valence-electron chi connectivity index (χ3n) is 2.56. The molecule has 0 aliphatic carbocycles. The third kappa shape index (κ3) is 10.5. The largest absolute Gasteiger partial charge is 0.475 e. The SMILES string of the molecule is [CH]CCOP(=O)(OCC=C)OCC(NC=O)C(=O)NCCC(C)O. The maximum Gasteiger partial charge on any atom is 0.475 e. The summed E-state index contributed by atoms with van der Waals surface area (Å²) in [5.41, 5.74) is 0. The Bertz CT molecular complexity index is 431. The van der Waals surface area contributed by atoms with Gasteiger partial charge in [0, 0.05) is 6.54 Å². The van der Waals surface area contributed by atoms with Gasteiger partial charge < -0.3 is 15.7 Å². The monoisotopic (exact) mass is 364 g/mol. The highest BCUT2D eigenvalue weighted by Crippen LogP contribution is 2.49. The van der Waals surface area contributed by atoms with Crippen LogP contribution in [0.5, 0.6) is 0 Å². The maximum absolute atomic E-state index is 12.3. The van der Waals surface area contributed by atoms with E-state index in [9.17, 15) is 14.2 Å². The highest BCUT2D eigenvalue weighted by atomic mass is 31.2. The lowest BCUT2D eigenvalue weighted by Crippen LogP contribution is -2.47. The molecule has 0 aromatic rings. The second-order valence-electron chi connectivity index (χ2n) is 4.72. The molecular weight excluding hydrogens is 339 g/mol. The first kappa shape index (κ1) is 22.8. The van der Waals surface area contributed by atoms with Gasteiger partial charge in [-0.1, -0.05) is 6.08 Å². The summed E-state index contributed by atoms with van der Waals surface area (Å²) in [5.74, 6) is -0.558. The van der Waals surface area contributed by atoms with Crippen LogP contribution in [0.1, 0.15) is 19.8 Å². The Balaban J connectivity index is 4.64. The first-order chi connectivity index (χ1) is 11.4. The number of aliphatic hydroxyl groups is 1. The van der Waals surface area contributed by atoms with E-state index in [0.29, 0.717) is 12.8 Å². The Labute approximate surface area is 142 Å². The van der Waals surface area contributed by atoms with Gasteiger partial charge in [0.1, 0.15) is 6.04 Å². The van der Waals surface area contributed by atoms with Crippen molar-refractivity contribution in [1.29, 1.82) is 0 Å². The predicted octanol–water partition coefficient (Wildman–Crippen LogP) is 0.433. The molecule has 3 unspecified atom stereocenters. The van der Waals surface area contributed by atoms with Gasteiger partial charge >= 0.3 is 7.82 Å². The van der Waals surface area contributed by atoms with Crippen LogP contribution in [0.25, 0.3) is 0 Å². The highest BCUT2D eigenvalue weighted by Gasteiger charge is 2.29. The molecule has 0 aliphatic heterocycles. The summed E-state index contributed by atoms with van der Waals surface area (Å²) < 4.78 is 27.3. The lowest BCUT2D eigenvalue weighted by Gasteiger charge is -2.21. The average molecular weight is 364 g/mol. The number of nitrogens with one attached hydrogen (secondary N) is 2. The van der Waals surface area contributed by atoms with Gasteiger partial charge in [-0.05, 0) is 26.7 Å². The van der Waals surface area contributed by atoms with Crippen LogP contribution in [0.3, 0.4) is 0 Å². The van der Waals surface area contributed by atoms with Crippen molar-refractivity contribution in [3.8, 4) is 0 Å². The number of rotatable bonds is 15. The van der Waals surface area contributed by atoms with Crippen LogP contribution in [0, 0.1) is 6.92 Å². The number of hydrogen-bond acceptors (Lipinski definition) is 7. The second-order valence-corrected chi connectivity index (χ2v) is 6.38. The Hall–Kier alpha value is -1.25. The minimum absolute atomic E-state index is 0.0687. The molecule has 3 N–H and O–H groups in total. The lowest BCUT2D eigenvalue weighted by molar-refractivity contribution is -0.126. The second kappa shape index (κ2) is 13.1. The smallest absolute Gasteiger partial charge is 0.393 e. The Morgan fingerprint density at radius 1 is 1.42 bits per heavy atom. The van der Waals surface area contributed by atoms with Crippen LogP contribution in [-0.4, -0.2) is 55.9 Å². The summed E-state index contributed by atoms with van der Waals surface area (Å²) in [6, 6.07) is -1.10. The van der Waals surface area contributed by atoms with Crippen molar-refractivity contribution in [2.75, 3.05) is 26.4 Å². The van der Waals surface area contributed by atoms with Crippen molar-refractivity contribution in [2.24, 2.45) is 0 Å². The van der Waals surface area contributed by atoms with Gasteiger partial charge in [0.2, 0.25) is 12.3 Å². The van der Waals surface area contributed by atoms with E-state index in [-0.39, 0.29) is 26.2 Å². The zero-order valence-corrected chi connectivity index (χ0v) is 14.6. The average Bonchev–Trinajstić information content (AvgIpc) is 2.54. The molecule has 10 heteroatoms. The van der Waals surface area contributed by atoms with Crippen LogP contribution >= 0.6 is 7.82 Å². The molecule has 0 spiro atoms. The molecule has 3 atom stereocenters. The van der Waals surface area contributed by atoms with Gasteiger partial charge in [-0.25, -0.2) is 4.57 Å². The van der Waals surface area contributed by atoms with E-state index >= 15 is 0 Å². The van der Waals surface area contributed by atoms with Crippen molar-refractivity contribution < 1.29 is 32.8 Å². The number of carbonyl (C=O) groups is 2. The molecule has 0 heterocycles. The normalized spacial score (nSPS) is 15.8. The van der Waals surface area contributed by atoms with Crippen molar-refractivity contribution in [2.45, 2.75) is 31.9 Å². The fourth-order valence-corrected chi connectivity index (χ4v) is 2.57. The predicted molar refractivity (Wildman–Crippen MR) is 86.9 cm³/mol. The minimum atomic E-state index is -3.94. The fraction of sp³-hybridized carbons (Fsp3) is 0.643. The highest BCUT2D eigenvalue weighted by molar-refractivity contribution is 7.48. The Morgan fingerprint density at radius 3 is 2.67 bits per heavy atom. The van der Waals surface area contributed by atoms with E-state index in [1.54, 1.807) is 6.92 Å². The quantitative estimate of drug-likeness (QED) is 0.219. The van der Waals surface area contributed by atoms with Crippen LogP contribution < -0.4 is 10.6 Å². The first-order valence-electron chi connectivity index (χ1n) is 7.38. The molecule has 0 aliphatic rings. The molecule has 0 aromatic carbocycles. The van der Waals surface area contributed by atoms with Crippen molar-refractivity contribution in [3.05, 3.63) is 19.6 Å². The Kier molecular flexibility index (Phi) is 12.4. The molecule has 0 saturated carbocycles. The van der Waals surface area contributed by atoms with E-state index in [1.165, 1.54) is 6.08 Å². The molecule has 2 amide bonds. The molecule has 9 nitrogen and oxygen atoms in total. The van der Waals surface area contributed by atoms with Gasteiger partial charge in [0.15, 0.2) is 0 Å². The van der Waals surface area contributed by atoms with Gasteiger partial charge in [-0.3, -0.25) is 23.2 Å². The summed E-state index contributed by atoms with van der Waals surface area (Å²) in [6.45, 7) is 9.90. The minimum Gasteiger partial charge on any atom is -0.393 e. The maximum atomic E-state index is 12.3. The molecule has 0 rings (SSSR count). The van der Waals surface area contributed by atoms with E-state index < -0.39 is 32.5 Å². The fourth-order valence-electron chi connectivity index (χ4n) is 1.40. The summed E-state index contributed by atoms with van der Waals surface area (Å²) in [4.78, 5) is 22.6. The van der Waals surface area contributed by atoms with Gasteiger partial charge in [-0.2, -0.15) is 0 Å². The van der Waals surface area contributed by atoms with E-state index in [0.717, 1.165) is 0 Å². The van der Waals surface area contributed by atoms with Crippen LogP contribution in [0.15, 0.2) is 12.7 Å². The number of carbonyl (C=O) groups excluding carboxylic acids is 2. The Morgan fingerprint density at radius 2 is 2.12 bits per heavy atom. The molecule has 0 saturated heterocycles. The van der Waals surface area contributed by atoms with E-state index in [4.69, 9.17) is 25.6 Å². The zero-order valence-electron chi connectivity index (χ0n) is 13.7. The van der Waals surface area contributed by atoms with Crippen LogP contribution in [0.2, 0.25) is 0 Å². The standard InChI is InChI=1S/C14H25N2O7P/c1-4-8-21-24(20,22-9-5-2)23-10-13(16-11-17)14(19)15-7-6-12(3)18/h1,5,11-13,18H,2,4,6-10H2,3H3,(H,15,19)(H,16,17). The summed E-state index contributed by atoms with van der Waals surface area (Å²) >= 11 is 0. The van der Waals surface area contributed by atoms with E-state index in [2.05, 4.69) is 17.2 Å². The molecule has 0 aromatic heterocycles. The van der Waals surface area contributed by atoms with Crippen LogP contribution in [-0.2, 0) is 27.7 Å². The molecule has 2 radical (unpaired) electrons. The number of hydrogen-bond donors (Lipinski definition) is 3. The van der Waals surface area contributed by atoms with Crippen molar-refractivity contribution in [3.63, 3.8) is 0 Å². The number of aliphatic hydroxyl groups excluding tert-OH is 1. The van der Waals surface area contributed by atoms with Crippen molar-refractivity contribution >= 4 is 20.1 Å². The third-order valence-corrected chi connectivity index (χ3v) is 3.99. The topological polar surface area (TPSA) is 123 Å². The summed E-state index contributed by atoms with van der Waals surface area (Å²) in [6.07, 6.45) is 1.54. The molecule has 0 bridgehead atoms.